The zero-order valence-electron chi connectivity index (χ0n) is 13.4. The lowest BCUT2D eigenvalue weighted by molar-refractivity contribution is -0.117. The summed E-state index contributed by atoms with van der Waals surface area (Å²) < 4.78 is 0. The number of hydrogen-bond donors (Lipinski definition) is 1. The molecular formula is C18H19N3O2S. The van der Waals surface area contributed by atoms with Crippen LogP contribution in [0.15, 0.2) is 24.3 Å². The van der Waals surface area contributed by atoms with Crippen LogP contribution in [0.25, 0.3) is 0 Å². The molecule has 0 radical (unpaired) electrons. The number of fused-ring (bicyclic) bond motifs is 1. The molecule has 124 valence electrons. The zero-order chi connectivity index (χ0) is 16.5. The van der Waals surface area contributed by atoms with Crippen LogP contribution in [0.4, 0.5) is 10.8 Å². The van der Waals surface area contributed by atoms with Crippen LogP contribution in [0.5, 0.6) is 0 Å². The number of nitrogens with zero attached hydrogens (tertiary/aromatic N) is 2. The minimum absolute atomic E-state index is 0.125. The first kappa shape index (κ1) is 15.3. The molecule has 1 fully saturated rings. The molecular weight excluding hydrogens is 322 g/mol. The molecule has 0 saturated carbocycles. The van der Waals surface area contributed by atoms with E-state index in [0.29, 0.717) is 17.1 Å². The van der Waals surface area contributed by atoms with E-state index >= 15 is 0 Å². The van der Waals surface area contributed by atoms with Crippen molar-refractivity contribution in [2.45, 2.75) is 38.5 Å². The van der Waals surface area contributed by atoms with Gasteiger partial charge in [-0.3, -0.25) is 14.9 Å². The lowest BCUT2D eigenvalue weighted by Crippen LogP contribution is -2.24. The Morgan fingerprint density at radius 1 is 1.17 bits per heavy atom. The Morgan fingerprint density at radius 3 is 2.83 bits per heavy atom. The molecule has 1 aliphatic heterocycles. The largest absolute Gasteiger partial charge is 0.312 e. The molecule has 2 aliphatic rings. The standard InChI is InChI=1S/C18H19N3O2S/c22-16-9-4-10-21(16)13-6-3-5-12(11-13)17(23)20-18-19-14-7-1-2-8-15(14)24-18/h3,5-6,11H,1-2,4,7-10H2,(H,19,20,23). The topological polar surface area (TPSA) is 62.3 Å². The second-order valence-electron chi connectivity index (χ2n) is 6.25. The van der Waals surface area contributed by atoms with E-state index in [4.69, 9.17) is 0 Å². The van der Waals surface area contributed by atoms with E-state index in [1.807, 2.05) is 12.1 Å². The van der Waals surface area contributed by atoms with Gasteiger partial charge < -0.3 is 4.90 Å². The van der Waals surface area contributed by atoms with Crippen molar-refractivity contribution < 1.29 is 9.59 Å². The number of benzene rings is 1. The average Bonchev–Trinajstić information content (AvgIpc) is 3.20. The van der Waals surface area contributed by atoms with E-state index in [2.05, 4.69) is 10.3 Å². The number of aromatic nitrogens is 1. The van der Waals surface area contributed by atoms with Crippen molar-refractivity contribution in [3.8, 4) is 0 Å². The van der Waals surface area contributed by atoms with E-state index in [1.165, 1.54) is 17.7 Å². The molecule has 0 bridgehead atoms. The monoisotopic (exact) mass is 341 g/mol. The van der Waals surface area contributed by atoms with Crippen LogP contribution in [0, 0.1) is 0 Å². The summed E-state index contributed by atoms with van der Waals surface area (Å²) in [7, 11) is 0. The zero-order valence-corrected chi connectivity index (χ0v) is 14.2. The van der Waals surface area contributed by atoms with E-state index in [1.54, 1.807) is 28.4 Å². The van der Waals surface area contributed by atoms with Gasteiger partial charge in [-0.1, -0.05) is 6.07 Å². The molecule has 1 saturated heterocycles. The molecule has 24 heavy (non-hydrogen) atoms. The Kier molecular flexibility index (Phi) is 4.06. The van der Waals surface area contributed by atoms with Crippen LogP contribution in [0.1, 0.15) is 46.6 Å². The van der Waals surface area contributed by atoms with Gasteiger partial charge in [-0.2, -0.15) is 0 Å². The fraction of sp³-hybridized carbons (Fsp3) is 0.389. The highest BCUT2D eigenvalue weighted by Gasteiger charge is 2.22. The molecule has 1 aromatic carbocycles. The molecule has 0 atom stereocenters. The van der Waals surface area contributed by atoms with Gasteiger partial charge in [0.2, 0.25) is 5.91 Å². The van der Waals surface area contributed by atoms with Crippen LogP contribution < -0.4 is 10.2 Å². The van der Waals surface area contributed by atoms with Gasteiger partial charge in [-0.25, -0.2) is 4.98 Å². The number of thiazole rings is 1. The maximum absolute atomic E-state index is 12.5. The van der Waals surface area contributed by atoms with Gasteiger partial charge in [0.1, 0.15) is 0 Å². The number of carbonyl (C=O) groups excluding carboxylic acids is 2. The molecule has 6 heteroatoms. The van der Waals surface area contributed by atoms with Crippen molar-refractivity contribution in [3.05, 3.63) is 40.4 Å². The van der Waals surface area contributed by atoms with E-state index < -0.39 is 0 Å². The second-order valence-corrected chi connectivity index (χ2v) is 7.33. The highest BCUT2D eigenvalue weighted by atomic mass is 32.1. The summed E-state index contributed by atoms with van der Waals surface area (Å²) in [5.41, 5.74) is 2.49. The molecule has 1 aromatic heterocycles. The third-order valence-electron chi connectivity index (χ3n) is 4.56. The Balaban J connectivity index is 1.52. The number of aryl methyl sites for hydroxylation is 2. The van der Waals surface area contributed by atoms with Crippen molar-refractivity contribution in [2.24, 2.45) is 0 Å². The van der Waals surface area contributed by atoms with Crippen molar-refractivity contribution in [1.29, 1.82) is 0 Å². The van der Waals surface area contributed by atoms with E-state index in [-0.39, 0.29) is 11.8 Å². The van der Waals surface area contributed by atoms with Gasteiger partial charge in [0.25, 0.3) is 5.91 Å². The predicted octanol–water partition coefficient (Wildman–Crippen LogP) is 3.40. The van der Waals surface area contributed by atoms with Gasteiger partial charge in [-0.05, 0) is 50.3 Å². The molecule has 4 rings (SSSR count). The van der Waals surface area contributed by atoms with Crippen LogP contribution in [0.2, 0.25) is 0 Å². The SMILES string of the molecule is O=C(Nc1nc2c(s1)CCCC2)c1cccc(N2CCCC2=O)c1. The van der Waals surface area contributed by atoms with Crippen molar-refractivity contribution >= 4 is 34.0 Å². The number of hydrogen-bond acceptors (Lipinski definition) is 4. The number of anilines is 2. The molecule has 2 heterocycles. The summed E-state index contributed by atoms with van der Waals surface area (Å²) in [5.74, 6) is -0.0465. The van der Waals surface area contributed by atoms with Crippen molar-refractivity contribution in [1.82, 2.24) is 4.98 Å². The molecule has 1 aliphatic carbocycles. The van der Waals surface area contributed by atoms with Gasteiger partial charge in [0.15, 0.2) is 5.13 Å². The number of nitrogens with one attached hydrogen (secondary N) is 1. The quantitative estimate of drug-likeness (QED) is 0.931. The first-order chi connectivity index (χ1) is 11.7. The summed E-state index contributed by atoms with van der Waals surface area (Å²) in [5, 5.41) is 3.58. The van der Waals surface area contributed by atoms with Crippen LogP contribution in [-0.2, 0) is 17.6 Å². The van der Waals surface area contributed by atoms with Crippen molar-refractivity contribution in [3.63, 3.8) is 0 Å². The van der Waals surface area contributed by atoms with Crippen LogP contribution in [0.3, 0.4) is 0 Å². The summed E-state index contributed by atoms with van der Waals surface area (Å²) in [4.78, 5) is 32.0. The fourth-order valence-corrected chi connectivity index (χ4v) is 4.36. The maximum Gasteiger partial charge on any atom is 0.257 e. The number of carbonyl (C=O) groups is 2. The lowest BCUT2D eigenvalue weighted by Gasteiger charge is -2.16. The molecule has 2 amide bonds. The highest BCUT2D eigenvalue weighted by Crippen LogP contribution is 2.30. The third-order valence-corrected chi connectivity index (χ3v) is 5.63. The number of rotatable bonds is 3. The van der Waals surface area contributed by atoms with E-state index in [9.17, 15) is 9.59 Å². The molecule has 0 spiro atoms. The minimum Gasteiger partial charge on any atom is -0.312 e. The second kappa shape index (κ2) is 6.36. The average molecular weight is 341 g/mol. The van der Waals surface area contributed by atoms with Gasteiger partial charge in [-0.15, -0.1) is 11.3 Å². The first-order valence-corrected chi connectivity index (χ1v) is 9.23. The summed E-state index contributed by atoms with van der Waals surface area (Å²) >= 11 is 1.58. The summed E-state index contributed by atoms with van der Waals surface area (Å²) in [6, 6.07) is 7.25. The van der Waals surface area contributed by atoms with Gasteiger partial charge in [0.05, 0.1) is 5.69 Å². The highest BCUT2D eigenvalue weighted by molar-refractivity contribution is 7.15. The van der Waals surface area contributed by atoms with Crippen LogP contribution >= 0.6 is 11.3 Å². The van der Waals surface area contributed by atoms with E-state index in [0.717, 1.165) is 37.2 Å². The summed E-state index contributed by atoms with van der Waals surface area (Å²) in [6.07, 6.45) is 5.91. The van der Waals surface area contributed by atoms with Gasteiger partial charge >= 0.3 is 0 Å². The Morgan fingerprint density at radius 2 is 2.04 bits per heavy atom. The Labute approximate surface area is 144 Å². The third kappa shape index (κ3) is 2.94. The molecule has 2 aromatic rings. The molecule has 0 unspecified atom stereocenters. The maximum atomic E-state index is 12.5. The number of amides is 2. The first-order valence-electron chi connectivity index (χ1n) is 8.41. The fourth-order valence-electron chi connectivity index (χ4n) is 3.31. The van der Waals surface area contributed by atoms with Crippen LogP contribution in [-0.4, -0.2) is 23.3 Å². The smallest absolute Gasteiger partial charge is 0.257 e. The molecule has 1 N–H and O–H groups in total. The van der Waals surface area contributed by atoms with Gasteiger partial charge in [0, 0.05) is 29.1 Å². The lowest BCUT2D eigenvalue weighted by atomic mass is 10.0. The van der Waals surface area contributed by atoms with Crippen molar-refractivity contribution in [2.75, 3.05) is 16.8 Å². The summed E-state index contributed by atoms with van der Waals surface area (Å²) in [6.45, 7) is 0.725. The Bertz CT molecular complexity index is 776. The molecule has 5 nitrogen and oxygen atoms in total. The normalized spacial score (nSPS) is 17.0. The Hall–Kier alpha value is -2.21. The predicted molar refractivity (Wildman–Crippen MR) is 94.7 cm³/mol. The minimum atomic E-state index is -0.172.